The fourth-order valence-corrected chi connectivity index (χ4v) is 4.96. The van der Waals surface area contributed by atoms with Crippen molar-refractivity contribution < 1.29 is 13.2 Å². The lowest BCUT2D eigenvalue weighted by Gasteiger charge is -2.36. The molecule has 1 saturated heterocycles. The summed E-state index contributed by atoms with van der Waals surface area (Å²) >= 11 is 0. The van der Waals surface area contributed by atoms with E-state index >= 15 is 0 Å². The third-order valence-electron chi connectivity index (χ3n) is 4.80. The molecule has 4 nitrogen and oxygen atoms in total. The van der Waals surface area contributed by atoms with Gasteiger partial charge in [0.2, 0.25) is 15.0 Å². The molecule has 0 bridgehead atoms. The van der Waals surface area contributed by atoms with E-state index < -0.39 is 9.05 Å². The first-order valence-corrected chi connectivity index (χ1v) is 9.96. The minimum Gasteiger partial charge on any atom is -0.339 e. The van der Waals surface area contributed by atoms with Crippen LogP contribution in [0.3, 0.4) is 0 Å². The van der Waals surface area contributed by atoms with Gasteiger partial charge >= 0.3 is 0 Å². The molecule has 0 radical (unpaired) electrons. The second-order valence-corrected chi connectivity index (χ2v) is 9.46. The van der Waals surface area contributed by atoms with Gasteiger partial charge in [0.15, 0.2) is 0 Å². The van der Waals surface area contributed by atoms with Gasteiger partial charge in [0.05, 0.1) is 5.75 Å². The predicted octanol–water partition coefficient (Wildman–Crippen LogP) is 2.62. The van der Waals surface area contributed by atoms with Crippen LogP contribution in [0.15, 0.2) is 0 Å². The Morgan fingerprint density at radius 3 is 2.35 bits per heavy atom. The van der Waals surface area contributed by atoms with Crippen molar-refractivity contribution in [2.45, 2.75) is 52.0 Å². The third kappa shape index (κ3) is 4.10. The van der Waals surface area contributed by atoms with Crippen LogP contribution in [-0.2, 0) is 13.8 Å². The molecule has 2 fully saturated rings. The third-order valence-corrected chi connectivity index (χ3v) is 6.05. The molecule has 1 aliphatic carbocycles. The van der Waals surface area contributed by atoms with E-state index in [1.807, 2.05) is 4.90 Å². The van der Waals surface area contributed by atoms with Gasteiger partial charge in [-0.15, -0.1) is 0 Å². The Hall–Kier alpha value is -0.290. The van der Waals surface area contributed by atoms with Crippen molar-refractivity contribution in [3.63, 3.8) is 0 Å². The molecule has 1 heterocycles. The summed E-state index contributed by atoms with van der Waals surface area (Å²) in [5, 5.41) is 0. The maximum Gasteiger partial charge on any atom is 0.232 e. The highest BCUT2D eigenvalue weighted by molar-refractivity contribution is 8.13. The van der Waals surface area contributed by atoms with Crippen molar-refractivity contribution in [1.29, 1.82) is 0 Å². The number of carbonyl (C=O) groups is 1. The molecule has 0 aromatic carbocycles. The van der Waals surface area contributed by atoms with Gasteiger partial charge < -0.3 is 4.90 Å². The highest BCUT2D eigenvalue weighted by Crippen LogP contribution is 2.34. The highest BCUT2D eigenvalue weighted by atomic mass is 35.7. The molecule has 1 unspecified atom stereocenters. The van der Waals surface area contributed by atoms with Gasteiger partial charge in [0.1, 0.15) is 0 Å². The molecule has 2 rings (SSSR count). The van der Waals surface area contributed by atoms with E-state index in [0.29, 0.717) is 24.9 Å². The van der Waals surface area contributed by atoms with Crippen LogP contribution in [0.25, 0.3) is 0 Å². The standard InChI is InChI=1S/C14H24ClNO3S/c1-10(2)12-3-5-13(6-4-12)16-8-11(7-14(16)17)9-20(15,18)19/h10-13H,3-9H2,1-2H3. The summed E-state index contributed by atoms with van der Waals surface area (Å²) in [7, 11) is 1.78. The fourth-order valence-electron chi connectivity index (χ4n) is 3.63. The first kappa shape index (κ1) is 16.1. The average molecular weight is 322 g/mol. The fraction of sp³-hybridized carbons (Fsp3) is 0.929. The molecule has 1 amide bonds. The van der Waals surface area contributed by atoms with E-state index in [0.717, 1.165) is 18.8 Å². The maximum atomic E-state index is 12.1. The van der Waals surface area contributed by atoms with Crippen LogP contribution < -0.4 is 0 Å². The van der Waals surface area contributed by atoms with E-state index in [4.69, 9.17) is 10.7 Å². The Labute approximate surface area is 126 Å². The summed E-state index contributed by atoms with van der Waals surface area (Å²) in [6.45, 7) is 5.07. The van der Waals surface area contributed by atoms with Crippen molar-refractivity contribution in [2.75, 3.05) is 12.3 Å². The first-order valence-electron chi connectivity index (χ1n) is 7.48. The number of carbonyl (C=O) groups excluding carboxylic acids is 1. The Morgan fingerprint density at radius 2 is 1.85 bits per heavy atom. The Kier molecular flexibility index (Phi) is 5.00. The summed E-state index contributed by atoms with van der Waals surface area (Å²) in [5.41, 5.74) is 0. The summed E-state index contributed by atoms with van der Waals surface area (Å²) in [5.74, 6) is 1.36. The molecule has 116 valence electrons. The number of halogens is 1. The zero-order valence-electron chi connectivity index (χ0n) is 12.2. The number of likely N-dealkylation sites (tertiary alicyclic amines) is 1. The van der Waals surface area contributed by atoms with Crippen LogP contribution in [0.5, 0.6) is 0 Å². The lowest BCUT2D eigenvalue weighted by molar-refractivity contribution is -0.130. The first-order chi connectivity index (χ1) is 9.26. The van der Waals surface area contributed by atoms with Crippen molar-refractivity contribution in [2.24, 2.45) is 17.8 Å². The van der Waals surface area contributed by atoms with E-state index in [1.54, 1.807) is 0 Å². The lowest BCUT2D eigenvalue weighted by Crippen LogP contribution is -2.40. The van der Waals surface area contributed by atoms with Crippen LogP contribution in [0, 0.1) is 17.8 Å². The highest BCUT2D eigenvalue weighted by Gasteiger charge is 2.37. The summed E-state index contributed by atoms with van der Waals surface area (Å²) < 4.78 is 22.3. The quantitative estimate of drug-likeness (QED) is 0.748. The predicted molar refractivity (Wildman–Crippen MR) is 80.0 cm³/mol. The Morgan fingerprint density at radius 1 is 1.25 bits per heavy atom. The van der Waals surface area contributed by atoms with Gasteiger partial charge in [0.25, 0.3) is 0 Å². The molecule has 20 heavy (non-hydrogen) atoms. The lowest BCUT2D eigenvalue weighted by atomic mass is 9.79. The van der Waals surface area contributed by atoms with Crippen LogP contribution in [-0.4, -0.2) is 37.6 Å². The maximum absolute atomic E-state index is 12.1. The SMILES string of the molecule is CC(C)C1CCC(N2CC(CS(=O)(=O)Cl)CC2=O)CC1. The van der Waals surface area contributed by atoms with E-state index in [2.05, 4.69) is 13.8 Å². The largest absolute Gasteiger partial charge is 0.339 e. The molecule has 1 saturated carbocycles. The molecule has 1 aliphatic heterocycles. The van der Waals surface area contributed by atoms with Crippen molar-refractivity contribution in [3.05, 3.63) is 0 Å². The van der Waals surface area contributed by atoms with Crippen molar-refractivity contribution >= 4 is 25.6 Å². The van der Waals surface area contributed by atoms with Gasteiger partial charge in [-0.05, 0) is 37.5 Å². The minimum atomic E-state index is -3.51. The molecular formula is C14H24ClNO3S. The molecule has 0 aromatic rings. The summed E-state index contributed by atoms with van der Waals surface area (Å²) in [6.07, 6.45) is 4.77. The molecule has 6 heteroatoms. The van der Waals surface area contributed by atoms with Gasteiger partial charge in [-0.3, -0.25) is 4.79 Å². The van der Waals surface area contributed by atoms with Gasteiger partial charge in [-0.2, -0.15) is 0 Å². The van der Waals surface area contributed by atoms with Crippen LogP contribution in [0.1, 0.15) is 46.0 Å². The smallest absolute Gasteiger partial charge is 0.232 e. The van der Waals surface area contributed by atoms with E-state index in [9.17, 15) is 13.2 Å². The normalized spacial score (nSPS) is 32.1. The number of nitrogens with zero attached hydrogens (tertiary/aromatic N) is 1. The number of rotatable bonds is 4. The summed E-state index contributed by atoms with van der Waals surface area (Å²) in [6, 6.07) is 0.306. The van der Waals surface area contributed by atoms with Crippen LogP contribution in [0.4, 0.5) is 0 Å². The number of hydrogen-bond donors (Lipinski definition) is 0. The van der Waals surface area contributed by atoms with Gasteiger partial charge in [0, 0.05) is 35.6 Å². The zero-order valence-corrected chi connectivity index (χ0v) is 13.8. The van der Waals surface area contributed by atoms with Crippen LogP contribution in [0.2, 0.25) is 0 Å². The molecule has 0 aromatic heterocycles. The van der Waals surface area contributed by atoms with E-state index in [1.165, 1.54) is 12.8 Å². The minimum absolute atomic E-state index is 0.0852. The molecule has 2 aliphatic rings. The number of hydrogen-bond acceptors (Lipinski definition) is 3. The van der Waals surface area contributed by atoms with Crippen LogP contribution >= 0.6 is 10.7 Å². The molecule has 1 atom stereocenters. The van der Waals surface area contributed by atoms with E-state index in [-0.39, 0.29) is 17.6 Å². The van der Waals surface area contributed by atoms with Crippen molar-refractivity contribution in [1.82, 2.24) is 4.90 Å². The van der Waals surface area contributed by atoms with Crippen molar-refractivity contribution in [3.8, 4) is 0 Å². The second-order valence-electron chi connectivity index (χ2n) is 6.63. The zero-order chi connectivity index (χ0) is 14.9. The Balaban J connectivity index is 1.89. The number of amides is 1. The topological polar surface area (TPSA) is 54.5 Å². The second kappa shape index (κ2) is 6.22. The molecule has 0 N–H and O–H groups in total. The van der Waals surface area contributed by atoms with Gasteiger partial charge in [-0.1, -0.05) is 13.8 Å². The Bertz CT molecular complexity index is 455. The molecular weight excluding hydrogens is 298 g/mol. The average Bonchev–Trinajstić information content (AvgIpc) is 2.67. The monoisotopic (exact) mass is 321 g/mol. The van der Waals surface area contributed by atoms with Gasteiger partial charge in [-0.25, -0.2) is 8.42 Å². The molecule has 0 spiro atoms. The summed E-state index contributed by atoms with van der Waals surface area (Å²) in [4.78, 5) is 14.0.